The molecule has 0 unspecified atom stereocenters. The summed E-state index contributed by atoms with van der Waals surface area (Å²) >= 11 is 0. The Hall–Kier alpha value is -1.91. The summed E-state index contributed by atoms with van der Waals surface area (Å²) in [6.07, 6.45) is 5.14. The third-order valence-corrected chi connectivity index (χ3v) is 1.52. The molecule has 5 nitrogen and oxygen atoms in total. The molecule has 60 valence electrons. The van der Waals surface area contributed by atoms with Crippen LogP contribution in [0.4, 0.5) is 0 Å². The van der Waals surface area contributed by atoms with E-state index in [9.17, 15) is 4.79 Å². The van der Waals surface area contributed by atoms with Crippen LogP contribution in [-0.4, -0.2) is 21.6 Å². The molecule has 0 bridgehead atoms. The van der Waals surface area contributed by atoms with Crippen LogP contribution in [0.1, 0.15) is 10.4 Å². The zero-order valence-electron chi connectivity index (χ0n) is 6.02. The number of rotatable bonds is 2. The van der Waals surface area contributed by atoms with Gasteiger partial charge in [-0.1, -0.05) is 5.16 Å². The lowest BCUT2D eigenvalue weighted by Crippen LogP contribution is -1.80. The maximum Gasteiger partial charge on any atom is 0.153 e. The molecule has 0 aliphatic heterocycles. The monoisotopic (exact) mass is 163 g/mol. The van der Waals surface area contributed by atoms with Gasteiger partial charge >= 0.3 is 0 Å². The number of aldehydes is 1. The van der Waals surface area contributed by atoms with E-state index >= 15 is 0 Å². The Morgan fingerprint density at radius 2 is 2.42 bits per heavy atom. The molecular formula is C7H5N3O2. The van der Waals surface area contributed by atoms with Gasteiger partial charge < -0.3 is 4.52 Å². The van der Waals surface area contributed by atoms with Crippen molar-refractivity contribution in [1.82, 2.24) is 15.4 Å². The van der Waals surface area contributed by atoms with Gasteiger partial charge in [0.05, 0.1) is 29.2 Å². The van der Waals surface area contributed by atoms with Gasteiger partial charge in [-0.15, -0.1) is 0 Å². The molecule has 5 heteroatoms. The second kappa shape index (κ2) is 2.61. The third kappa shape index (κ3) is 0.914. The van der Waals surface area contributed by atoms with E-state index in [1.165, 1.54) is 18.7 Å². The smallest absolute Gasteiger partial charge is 0.153 e. The number of nitrogens with zero attached hydrogens (tertiary/aromatic N) is 2. The molecule has 1 N–H and O–H groups in total. The molecule has 2 rings (SSSR count). The van der Waals surface area contributed by atoms with Crippen molar-refractivity contribution in [2.24, 2.45) is 0 Å². The Bertz CT molecular complexity index is 377. The highest BCUT2D eigenvalue weighted by atomic mass is 16.5. The first kappa shape index (κ1) is 6.78. The molecule has 0 saturated carbocycles. The van der Waals surface area contributed by atoms with Gasteiger partial charge in [0.15, 0.2) is 6.29 Å². The van der Waals surface area contributed by atoms with E-state index in [0.717, 1.165) is 11.8 Å². The summed E-state index contributed by atoms with van der Waals surface area (Å²) in [6, 6.07) is 0. The van der Waals surface area contributed by atoms with Crippen molar-refractivity contribution in [3.8, 4) is 11.3 Å². The highest BCUT2D eigenvalue weighted by Gasteiger charge is 2.07. The van der Waals surface area contributed by atoms with Gasteiger partial charge in [-0.25, -0.2) is 0 Å². The van der Waals surface area contributed by atoms with Crippen LogP contribution in [0.15, 0.2) is 23.2 Å². The number of hydrogen-bond acceptors (Lipinski definition) is 4. The van der Waals surface area contributed by atoms with Crippen LogP contribution >= 0.6 is 0 Å². The number of carbonyl (C=O) groups is 1. The molecule has 0 aromatic carbocycles. The lowest BCUT2D eigenvalue weighted by atomic mass is 10.2. The zero-order chi connectivity index (χ0) is 8.39. The Morgan fingerprint density at radius 1 is 1.50 bits per heavy atom. The van der Waals surface area contributed by atoms with Crippen LogP contribution in [0.2, 0.25) is 0 Å². The lowest BCUT2D eigenvalue weighted by Gasteiger charge is -1.88. The van der Waals surface area contributed by atoms with Crippen molar-refractivity contribution in [1.29, 1.82) is 0 Å². The Labute approximate surface area is 67.4 Å². The molecule has 2 aromatic heterocycles. The predicted octanol–water partition coefficient (Wildman–Crippen LogP) is 0.877. The second-order valence-electron chi connectivity index (χ2n) is 2.23. The number of aromatic amines is 1. The average Bonchev–Trinajstić information content (AvgIpc) is 2.74. The molecule has 0 fully saturated rings. The number of nitrogens with one attached hydrogen (secondary N) is 1. The zero-order valence-corrected chi connectivity index (χ0v) is 6.02. The van der Waals surface area contributed by atoms with Gasteiger partial charge in [0.1, 0.15) is 6.26 Å². The summed E-state index contributed by atoms with van der Waals surface area (Å²) in [5.41, 5.74) is 1.85. The SMILES string of the molecule is O=Cc1cn[nH]c1-c1cnoc1. The van der Waals surface area contributed by atoms with E-state index in [4.69, 9.17) is 0 Å². The molecule has 0 spiro atoms. The van der Waals surface area contributed by atoms with Crippen LogP contribution in [0.5, 0.6) is 0 Å². The standard InChI is InChI=1S/C7H5N3O2/c11-3-5-1-8-10-7(5)6-2-9-12-4-6/h1-4H,(H,8,10). The average molecular weight is 163 g/mol. The number of H-pyrrole nitrogens is 1. The van der Waals surface area contributed by atoms with Crippen molar-refractivity contribution >= 4 is 6.29 Å². The largest absolute Gasteiger partial charge is 0.364 e. The van der Waals surface area contributed by atoms with Gasteiger partial charge in [0.2, 0.25) is 0 Å². The molecule has 0 radical (unpaired) electrons. The maximum absolute atomic E-state index is 10.5. The predicted molar refractivity (Wildman–Crippen MR) is 39.5 cm³/mol. The van der Waals surface area contributed by atoms with Gasteiger partial charge in [-0.2, -0.15) is 5.10 Å². The molecular weight excluding hydrogens is 158 g/mol. The van der Waals surface area contributed by atoms with Crippen molar-refractivity contribution < 1.29 is 9.32 Å². The minimum atomic E-state index is 0.498. The molecule has 0 aliphatic carbocycles. The Balaban J connectivity index is 2.53. The summed E-state index contributed by atoms with van der Waals surface area (Å²) in [5.74, 6) is 0. The highest BCUT2D eigenvalue weighted by molar-refractivity contribution is 5.84. The first-order chi connectivity index (χ1) is 5.92. The first-order valence-corrected chi connectivity index (χ1v) is 3.30. The lowest BCUT2D eigenvalue weighted by molar-refractivity contribution is 0.112. The third-order valence-electron chi connectivity index (χ3n) is 1.52. The molecule has 0 aliphatic rings. The summed E-state index contributed by atoms with van der Waals surface area (Å²) in [6.45, 7) is 0. The van der Waals surface area contributed by atoms with Crippen molar-refractivity contribution in [2.75, 3.05) is 0 Å². The first-order valence-electron chi connectivity index (χ1n) is 3.30. The Morgan fingerprint density at radius 3 is 3.08 bits per heavy atom. The van der Waals surface area contributed by atoms with Gasteiger partial charge in [0.25, 0.3) is 0 Å². The summed E-state index contributed by atoms with van der Waals surface area (Å²) in [7, 11) is 0. The number of carbonyl (C=O) groups excluding carboxylic acids is 1. The van der Waals surface area contributed by atoms with E-state index in [2.05, 4.69) is 19.9 Å². The van der Waals surface area contributed by atoms with Crippen LogP contribution in [0, 0.1) is 0 Å². The summed E-state index contributed by atoms with van der Waals surface area (Å²) < 4.78 is 4.62. The maximum atomic E-state index is 10.5. The van der Waals surface area contributed by atoms with E-state index in [0.29, 0.717) is 11.3 Å². The molecule has 2 aromatic rings. The fourth-order valence-electron chi connectivity index (χ4n) is 0.944. The van der Waals surface area contributed by atoms with Crippen LogP contribution in [0.25, 0.3) is 11.3 Å². The van der Waals surface area contributed by atoms with Crippen LogP contribution in [-0.2, 0) is 0 Å². The number of aromatic nitrogens is 3. The van der Waals surface area contributed by atoms with Gasteiger partial charge in [-0.3, -0.25) is 9.89 Å². The fourth-order valence-corrected chi connectivity index (χ4v) is 0.944. The minimum Gasteiger partial charge on any atom is -0.364 e. The minimum absolute atomic E-state index is 0.498. The van der Waals surface area contributed by atoms with Crippen molar-refractivity contribution in [3.05, 3.63) is 24.2 Å². The van der Waals surface area contributed by atoms with Crippen LogP contribution < -0.4 is 0 Å². The fraction of sp³-hybridized carbons (Fsp3) is 0. The highest BCUT2D eigenvalue weighted by Crippen LogP contribution is 2.18. The van der Waals surface area contributed by atoms with Gasteiger partial charge in [0, 0.05) is 0 Å². The quantitative estimate of drug-likeness (QED) is 0.667. The molecule has 2 heterocycles. The van der Waals surface area contributed by atoms with Crippen molar-refractivity contribution in [3.63, 3.8) is 0 Å². The van der Waals surface area contributed by atoms with E-state index < -0.39 is 0 Å². The molecule has 0 atom stereocenters. The van der Waals surface area contributed by atoms with E-state index in [-0.39, 0.29) is 0 Å². The molecule has 12 heavy (non-hydrogen) atoms. The van der Waals surface area contributed by atoms with E-state index in [1.807, 2.05) is 0 Å². The molecule has 0 saturated heterocycles. The summed E-state index contributed by atoms with van der Waals surface area (Å²) in [5, 5.41) is 9.92. The van der Waals surface area contributed by atoms with Gasteiger partial charge in [-0.05, 0) is 0 Å². The molecule has 0 amide bonds. The van der Waals surface area contributed by atoms with E-state index in [1.54, 1.807) is 0 Å². The Kier molecular flexibility index (Phi) is 1.48. The summed E-state index contributed by atoms with van der Waals surface area (Å²) in [4.78, 5) is 10.5. The second-order valence-corrected chi connectivity index (χ2v) is 2.23. The van der Waals surface area contributed by atoms with Crippen LogP contribution in [0.3, 0.4) is 0 Å². The topological polar surface area (TPSA) is 71.8 Å². The number of hydrogen-bond donors (Lipinski definition) is 1. The normalized spacial score (nSPS) is 10.0. The van der Waals surface area contributed by atoms with Crippen molar-refractivity contribution in [2.45, 2.75) is 0 Å².